The minimum absolute atomic E-state index is 0.205. The largest absolute Gasteiger partial charge is 0.465 e. The Balaban J connectivity index is 0.000000555. The van der Waals surface area contributed by atoms with Gasteiger partial charge in [-0.1, -0.05) is 71.7 Å². The molecule has 1 aromatic heterocycles. The summed E-state index contributed by atoms with van der Waals surface area (Å²) < 4.78 is 7.36. The first-order chi connectivity index (χ1) is 17.9. The van der Waals surface area contributed by atoms with Crippen LogP contribution in [0.2, 0.25) is 10.0 Å². The highest BCUT2D eigenvalue weighted by Crippen LogP contribution is 2.14. The van der Waals surface area contributed by atoms with E-state index in [9.17, 15) is 9.59 Å². The van der Waals surface area contributed by atoms with E-state index < -0.39 is 11.7 Å². The van der Waals surface area contributed by atoms with Gasteiger partial charge in [0.2, 0.25) is 5.95 Å². The lowest BCUT2D eigenvalue weighted by molar-refractivity contribution is -0.143. The van der Waals surface area contributed by atoms with Crippen LogP contribution in [0.15, 0.2) is 89.7 Å². The molecule has 2 N–H and O–H groups in total. The van der Waals surface area contributed by atoms with Gasteiger partial charge in [-0.3, -0.25) is 4.79 Å². The van der Waals surface area contributed by atoms with Gasteiger partial charge in [0, 0.05) is 28.7 Å². The number of nitrogens with one attached hydrogen (secondary N) is 2. The van der Waals surface area contributed by atoms with Gasteiger partial charge in [-0.05, 0) is 48.9 Å². The third kappa shape index (κ3) is 8.34. The number of halogens is 2. The fraction of sp³-hybridized carbons (Fsp3) is 0.185. The van der Waals surface area contributed by atoms with Gasteiger partial charge >= 0.3 is 11.7 Å². The minimum Gasteiger partial charge on any atom is -0.465 e. The van der Waals surface area contributed by atoms with Crippen molar-refractivity contribution in [3.05, 3.63) is 111 Å². The number of benzene rings is 3. The Labute approximate surface area is 224 Å². The predicted octanol–water partition coefficient (Wildman–Crippen LogP) is 5.46. The maximum Gasteiger partial charge on any atom is 0.352 e. The number of hydrogen-bond donors (Lipinski definition) is 2. The van der Waals surface area contributed by atoms with Gasteiger partial charge in [0.15, 0.2) is 0 Å². The zero-order chi connectivity index (χ0) is 26.6. The Kier molecular flexibility index (Phi) is 10.5. The topological polar surface area (TPSA) is 102 Å². The molecule has 0 aliphatic rings. The number of esters is 1. The Morgan fingerprint density at radius 3 is 2.03 bits per heavy atom. The van der Waals surface area contributed by atoms with Crippen LogP contribution in [-0.4, -0.2) is 39.2 Å². The summed E-state index contributed by atoms with van der Waals surface area (Å²) >= 11 is 11.8. The first-order valence-electron chi connectivity index (χ1n) is 11.6. The standard InChI is InChI=1S/C21H21Cl2N5O3.C6H6/c1-2-31-19(29)13-27-20(25-12-11-18(24)14-3-5-15(22)6-4-14)26-28(21(27)30)17-9-7-16(23)8-10-17;1-2-4-6-5-3-1/h3-10,24H,2,11-13H2,1H3,(H,25,26);1-6H. The van der Waals surface area contributed by atoms with Crippen molar-refractivity contribution in [1.82, 2.24) is 14.3 Å². The number of rotatable bonds is 9. The molecule has 0 radical (unpaired) electrons. The summed E-state index contributed by atoms with van der Waals surface area (Å²) in [6, 6.07) is 25.6. The van der Waals surface area contributed by atoms with E-state index >= 15 is 0 Å². The van der Waals surface area contributed by atoms with E-state index in [0.717, 1.165) is 5.56 Å². The molecule has 1 heterocycles. The molecule has 0 atom stereocenters. The van der Waals surface area contributed by atoms with E-state index in [0.29, 0.717) is 34.4 Å². The SMILES string of the molecule is CCOC(=O)Cn1c(NCCC(=N)c2ccc(Cl)cc2)nn(-c2ccc(Cl)cc2)c1=O.c1ccccc1. The molecule has 10 heteroatoms. The fourth-order valence-corrected chi connectivity index (χ4v) is 3.49. The number of anilines is 1. The zero-order valence-corrected chi connectivity index (χ0v) is 21.7. The summed E-state index contributed by atoms with van der Waals surface area (Å²) in [5.41, 5.74) is 1.17. The normalized spacial score (nSPS) is 10.2. The quantitative estimate of drug-likeness (QED) is 0.217. The number of hydrogen-bond acceptors (Lipinski definition) is 6. The Morgan fingerprint density at radius 1 is 0.946 bits per heavy atom. The van der Waals surface area contributed by atoms with Crippen molar-refractivity contribution in [3.8, 4) is 5.69 Å². The monoisotopic (exact) mass is 539 g/mol. The third-order valence-corrected chi connectivity index (χ3v) is 5.55. The van der Waals surface area contributed by atoms with E-state index in [-0.39, 0.29) is 19.1 Å². The second-order valence-corrected chi connectivity index (χ2v) is 8.58. The second kappa shape index (κ2) is 14.0. The average molecular weight is 540 g/mol. The Bertz CT molecular complexity index is 1330. The van der Waals surface area contributed by atoms with Crippen LogP contribution in [0.25, 0.3) is 5.69 Å². The van der Waals surface area contributed by atoms with Crippen LogP contribution in [0.3, 0.4) is 0 Å². The molecule has 0 bridgehead atoms. The molecule has 37 heavy (non-hydrogen) atoms. The van der Waals surface area contributed by atoms with Gasteiger partial charge in [-0.25, -0.2) is 9.36 Å². The lowest BCUT2D eigenvalue weighted by Crippen LogP contribution is -2.28. The fourth-order valence-electron chi connectivity index (χ4n) is 3.24. The van der Waals surface area contributed by atoms with Crippen molar-refractivity contribution < 1.29 is 9.53 Å². The zero-order valence-electron chi connectivity index (χ0n) is 20.2. The molecule has 0 saturated heterocycles. The van der Waals surface area contributed by atoms with Crippen molar-refractivity contribution in [2.75, 3.05) is 18.5 Å². The maximum atomic E-state index is 12.9. The van der Waals surface area contributed by atoms with Crippen LogP contribution in [0.1, 0.15) is 18.9 Å². The summed E-state index contributed by atoms with van der Waals surface area (Å²) in [6.07, 6.45) is 0.378. The molecule has 0 aliphatic heterocycles. The first-order valence-corrected chi connectivity index (χ1v) is 12.3. The molecule has 4 rings (SSSR count). The number of ether oxygens (including phenoxy) is 1. The summed E-state index contributed by atoms with van der Waals surface area (Å²) in [5, 5.41) is 16.7. The Hall–Kier alpha value is -3.88. The summed E-state index contributed by atoms with van der Waals surface area (Å²) in [7, 11) is 0. The molecule has 0 aliphatic carbocycles. The van der Waals surface area contributed by atoms with E-state index in [1.165, 1.54) is 9.25 Å². The van der Waals surface area contributed by atoms with Crippen LogP contribution in [-0.2, 0) is 16.1 Å². The smallest absolute Gasteiger partial charge is 0.352 e. The number of carbonyl (C=O) groups is 1. The van der Waals surface area contributed by atoms with Gasteiger partial charge in [-0.15, -0.1) is 5.10 Å². The molecule has 0 fully saturated rings. The van der Waals surface area contributed by atoms with Crippen LogP contribution in [0, 0.1) is 5.41 Å². The minimum atomic E-state index is -0.544. The molecule has 0 amide bonds. The van der Waals surface area contributed by atoms with Crippen LogP contribution in [0.5, 0.6) is 0 Å². The van der Waals surface area contributed by atoms with Crippen LogP contribution < -0.4 is 11.0 Å². The van der Waals surface area contributed by atoms with Crippen molar-refractivity contribution in [3.63, 3.8) is 0 Å². The molecule has 0 spiro atoms. The van der Waals surface area contributed by atoms with Gasteiger partial charge in [0.05, 0.1) is 12.3 Å². The molecule has 4 aromatic rings. The number of carbonyl (C=O) groups excluding carboxylic acids is 1. The molecule has 3 aromatic carbocycles. The molecular formula is C27H27Cl2N5O3. The van der Waals surface area contributed by atoms with Crippen molar-refractivity contribution in [2.24, 2.45) is 0 Å². The Morgan fingerprint density at radius 2 is 1.49 bits per heavy atom. The summed E-state index contributed by atoms with van der Waals surface area (Å²) in [5.74, 6) is -0.339. The lowest BCUT2D eigenvalue weighted by atomic mass is 10.1. The number of aromatic nitrogens is 3. The average Bonchev–Trinajstić information content (AvgIpc) is 3.21. The van der Waals surface area contributed by atoms with Gasteiger partial charge < -0.3 is 15.5 Å². The number of nitrogens with zero attached hydrogens (tertiary/aromatic N) is 3. The third-order valence-electron chi connectivity index (χ3n) is 5.04. The highest BCUT2D eigenvalue weighted by molar-refractivity contribution is 6.30. The molecular weight excluding hydrogens is 513 g/mol. The van der Waals surface area contributed by atoms with E-state index in [1.54, 1.807) is 55.5 Å². The lowest BCUT2D eigenvalue weighted by Gasteiger charge is -2.08. The highest BCUT2D eigenvalue weighted by atomic mass is 35.5. The molecule has 0 saturated carbocycles. The van der Waals surface area contributed by atoms with Crippen molar-refractivity contribution in [1.29, 1.82) is 5.41 Å². The predicted molar refractivity (Wildman–Crippen MR) is 147 cm³/mol. The molecule has 192 valence electrons. The van der Waals surface area contributed by atoms with Crippen LogP contribution in [0.4, 0.5) is 5.95 Å². The summed E-state index contributed by atoms with van der Waals surface area (Å²) in [4.78, 5) is 24.9. The highest BCUT2D eigenvalue weighted by Gasteiger charge is 2.18. The van der Waals surface area contributed by atoms with Gasteiger partial charge in [0.25, 0.3) is 0 Å². The first kappa shape index (κ1) is 27.7. The summed E-state index contributed by atoms with van der Waals surface area (Å²) in [6.45, 7) is 1.96. The maximum absolute atomic E-state index is 12.9. The van der Waals surface area contributed by atoms with Gasteiger partial charge in [-0.2, -0.15) is 4.68 Å². The van der Waals surface area contributed by atoms with Crippen molar-refractivity contribution in [2.45, 2.75) is 19.9 Å². The second-order valence-electron chi connectivity index (χ2n) is 7.70. The molecule has 8 nitrogen and oxygen atoms in total. The van der Waals surface area contributed by atoms with Crippen LogP contribution >= 0.6 is 23.2 Å². The van der Waals surface area contributed by atoms with Crippen molar-refractivity contribution >= 4 is 40.8 Å². The molecule has 0 unspecified atom stereocenters. The van der Waals surface area contributed by atoms with E-state index in [4.69, 9.17) is 33.3 Å². The van der Waals surface area contributed by atoms with E-state index in [1.807, 2.05) is 36.4 Å². The van der Waals surface area contributed by atoms with E-state index in [2.05, 4.69) is 10.4 Å². The van der Waals surface area contributed by atoms with Gasteiger partial charge in [0.1, 0.15) is 6.54 Å².